The van der Waals surface area contributed by atoms with E-state index in [2.05, 4.69) is 24.1 Å². The van der Waals surface area contributed by atoms with Crippen LogP contribution in [0.25, 0.3) is 0 Å². The van der Waals surface area contributed by atoms with E-state index in [9.17, 15) is 0 Å². The van der Waals surface area contributed by atoms with Gasteiger partial charge in [0.05, 0.1) is 6.10 Å². The normalized spacial score (nSPS) is 21.6. The molecule has 0 spiro atoms. The predicted octanol–water partition coefficient (Wildman–Crippen LogP) is 1.61. The van der Waals surface area contributed by atoms with Crippen LogP contribution in [0.4, 0.5) is 0 Å². The van der Waals surface area contributed by atoms with E-state index in [1.165, 1.54) is 25.9 Å². The largest absolute Gasteiger partial charge is 0.393 e. The fourth-order valence-electron chi connectivity index (χ4n) is 2.32. The molecule has 0 aromatic rings. The lowest BCUT2D eigenvalue weighted by Crippen LogP contribution is -2.45. The third-order valence-electron chi connectivity index (χ3n) is 3.49. The molecule has 2 N–H and O–H groups in total. The summed E-state index contributed by atoms with van der Waals surface area (Å²) >= 11 is 0. The van der Waals surface area contributed by atoms with Gasteiger partial charge in [0.1, 0.15) is 0 Å². The lowest BCUT2D eigenvalue weighted by Gasteiger charge is -2.35. The molecule has 0 aromatic heterocycles. The number of nitrogens with one attached hydrogen (secondary N) is 1. The highest BCUT2D eigenvalue weighted by Crippen LogP contribution is 2.12. The molecule has 0 amide bonds. The number of likely N-dealkylation sites (tertiary alicyclic amines) is 1. The van der Waals surface area contributed by atoms with E-state index >= 15 is 0 Å². The van der Waals surface area contributed by atoms with E-state index in [0.29, 0.717) is 12.1 Å². The number of hydrogen-bond acceptors (Lipinski definition) is 3. The molecule has 0 aliphatic carbocycles. The van der Waals surface area contributed by atoms with E-state index in [4.69, 9.17) is 5.11 Å². The zero-order valence-electron chi connectivity index (χ0n) is 11.1. The molecule has 16 heavy (non-hydrogen) atoms. The number of aliphatic hydroxyl groups is 1. The third kappa shape index (κ3) is 5.28. The van der Waals surface area contributed by atoms with Crippen molar-refractivity contribution in [3.8, 4) is 0 Å². The van der Waals surface area contributed by atoms with Crippen molar-refractivity contribution in [2.24, 2.45) is 0 Å². The van der Waals surface area contributed by atoms with Gasteiger partial charge in [0, 0.05) is 12.1 Å². The van der Waals surface area contributed by atoms with Crippen molar-refractivity contribution in [2.75, 3.05) is 19.6 Å². The molecule has 1 fully saturated rings. The maximum Gasteiger partial charge on any atom is 0.0512 e. The minimum atomic E-state index is -0.149. The first-order valence-electron chi connectivity index (χ1n) is 6.75. The van der Waals surface area contributed by atoms with Crippen molar-refractivity contribution in [1.82, 2.24) is 10.2 Å². The lowest BCUT2D eigenvalue weighted by atomic mass is 10.0. The summed E-state index contributed by atoms with van der Waals surface area (Å²) in [7, 11) is 0. The highest BCUT2D eigenvalue weighted by molar-refractivity contribution is 4.78. The van der Waals surface area contributed by atoms with Gasteiger partial charge in [0.15, 0.2) is 0 Å². The smallest absolute Gasteiger partial charge is 0.0512 e. The van der Waals surface area contributed by atoms with E-state index in [-0.39, 0.29) is 6.10 Å². The molecular weight excluding hydrogens is 200 g/mol. The molecule has 1 saturated heterocycles. The van der Waals surface area contributed by atoms with Gasteiger partial charge in [0.25, 0.3) is 0 Å². The fourth-order valence-corrected chi connectivity index (χ4v) is 2.32. The summed E-state index contributed by atoms with van der Waals surface area (Å²) in [5.41, 5.74) is 0. The number of nitrogens with zero attached hydrogens (tertiary/aromatic N) is 1. The Morgan fingerprint density at radius 1 is 1.25 bits per heavy atom. The highest BCUT2D eigenvalue weighted by atomic mass is 16.3. The van der Waals surface area contributed by atoms with Gasteiger partial charge in [-0.25, -0.2) is 0 Å². The predicted molar refractivity (Wildman–Crippen MR) is 68.6 cm³/mol. The van der Waals surface area contributed by atoms with E-state index in [1.807, 2.05) is 6.92 Å². The number of rotatable bonds is 6. The summed E-state index contributed by atoms with van der Waals surface area (Å²) in [5.74, 6) is 0. The maximum atomic E-state index is 9.15. The second kappa shape index (κ2) is 7.25. The van der Waals surface area contributed by atoms with Crippen molar-refractivity contribution in [3.05, 3.63) is 0 Å². The summed E-state index contributed by atoms with van der Waals surface area (Å²) < 4.78 is 0. The van der Waals surface area contributed by atoms with Crippen LogP contribution in [0.3, 0.4) is 0 Å². The Bertz CT molecular complexity index is 175. The number of aliphatic hydroxyl groups excluding tert-OH is 1. The van der Waals surface area contributed by atoms with Crippen LogP contribution >= 0.6 is 0 Å². The van der Waals surface area contributed by atoms with Crippen LogP contribution in [0.15, 0.2) is 0 Å². The molecule has 0 bridgehead atoms. The summed E-state index contributed by atoms with van der Waals surface area (Å²) in [6.45, 7) is 9.92. The molecule has 3 nitrogen and oxygen atoms in total. The van der Waals surface area contributed by atoms with Gasteiger partial charge in [0.2, 0.25) is 0 Å². The van der Waals surface area contributed by atoms with Gasteiger partial charge in [-0.05, 0) is 66.1 Å². The molecule has 1 rings (SSSR count). The Hall–Kier alpha value is -0.120. The first kappa shape index (κ1) is 13.9. The SMILES string of the molecule is CC(O)CCCNC1CCN(C(C)C)CC1. The molecular formula is C13H28N2O. The van der Waals surface area contributed by atoms with Gasteiger partial charge in [-0.3, -0.25) is 0 Å². The molecule has 1 atom stereocenters. The van der Waals surface area contributed by atoms with Gasteiger partial charge in [-0.2, -0.15) is 0 Å². The van der Waals surface area contributed by atoms with Gasteiger partial charge in [-0.1, -0.05) is 0 Å². The Labute approximate surface area is 100 Å². The third-order valence-corrected chi connectivity index (χ3v) is 3.49. The molecule has 1 aliphatic heterocycles. The molecule has 96 valence electrons. The van der Waals surface area contributed by atoms with Crippen LogP contribution in [0.1, 0.15) is 46.5 Å². The van der Waals surface area contributed by atoms with Crippen molar-refractivity contribution in [3.63, 3.8) is 0 Å². The Morgan fingerprint density at radius 2 is 1.88 bits per heavy atom. The summed E-state index contributed by atoms with van der Waals surface area (Å²) in [5, 5.41) is 12.7. The van der Waals surface area contributed by atoms with Crippen LogP contribution in [-0.2, 0) is 0 Å². The minimum Gasteiger partial charge on any atom is -0.393 e. The molecule has 1 heterocycles. The second-order valence-electron chi connectivity index (χ2n) is 5.35. The summed E-state index contributed by atoms with van der Waals surface area (Å²) in [6.07, 6.45) is 4.39. The van der Waals surface area contributed by atoms with Crippen LogP contribution in [0.5, 0.6) is 0 Å². The molecule has 0 radical (unpaired) electrons. The van der Waals surface area contributed by atoms with Gasteiger partial charge >= 0.3 is 0 Å². The number of piperidine rings is 1. The number of hydrogen-bond donors (Lipinski definition) is 2. The zero-order chi connectivity index (χ0) is 12.0. The van der Waals surface area contributed by atoms with E-state index in [0.717, 1.165) is 19.4 Å². The van der Waals surface area contributed by atoms with E-state index in [1.54, 1.807) is 0 Å². The average molecular weight is 228 g/mol. The van der Waals surface area contributed by atoms with Crippen LogP contribution in [-0.4, -0.2) is 47.8 Å². The Morgan fingerprint density at radius 3 is 2.38 bits per heavy atom. The van der Waals surface area contributed by atoms with Gasteiger partial charge in [-0.15, -0.1) is 0 Å². The Balaban J connectivity index is 2.04. The van der Waals surface area contributed by atoms with Crippen molar-refractivity contribution < 1.29 is 5.11 Å². The Kier molecular flexibility index (Phi) is 6.32. The second-order valence-corrected chi connectivity index (χ2v) is 5.35. The fraction of sp³-hybridized carbons (Fsp3) is 1.00. The highest BCUT2D eigenvalue weighted by Gasteiger charge is 2.19. The van der Waals surface area contributed by atoms with Crippen molar-refractivity contribution in [2.45, 2.75) is 64.6 Å². The molecule has 1 aliphatic rings. The molecule has 1 unspecified atom stereocenters. The van der Waals surface area contributed by atoms with Crippen LogP contribution < -0.4 is 5.32 Å². The standard InChI is InChI=1S/C13H28N2O/c1-11(2)15-9-6-13(7-10-15)14-8-4-5-12(3)16/h11-14,16H,4-10H2,1-3H3. The monoisotopic (exact) mass is 228 g/mol. The van der Waals surface area contributed by atoms with Gasteiger partial charge < -0.3 is 15.3 Å². The first-order valence-corrected chi connectivity index (χ1v) is 6.75. The molecule has 3 heteroatoms. The molecule has 0 saturated carbocycles. The first-order chi connectivity index (χ1) is 7.59. The average Bonchev–Trinajstić information content (AvgIpc) is 2.25. The van der Waals surface area contributed by atoms with Crippen LogP contribution in [0.2, 0.25) is 0 Å². The topological polar surface area (TPSA) is 35.5 Å². The molecule has 0 aromatic carbocycles. The zero-order valence-corrected chi connectivity index (χ0v) is 11.1. The quantitative estimate of drug-likeness (QED) is 0.678. The van der Waals surface area contributed by atoms with Crippen LogP contribution in [0, 0.1) is 0 Å². The van der Waals surface area contributed by atoms with Crippen molar-refractivity contribution >= 4 is 0 Å². The summed E-state index contributed by atoms with van der Waals surface area (Å²) in [6, 6.07) is 1.39. The maximum absolute atomic E-state index is 9.15. The summed E-state index contributed by atoms with van der Waals surface area (Å²) in [4.78, 5) is 2.55. The van der Waals surface area contributed by atoms with Crippen molar-refractivity contribution in [1.29, 1.82) is 0 Å². The lowest BCUT2D eigenvalue weighted by molar-refractivity contribution is 0.157. The minimum absolute atomic E-state index is 0.149. The van der Waals surface area contributed by atoms with E-state index < -0.39 is 0 Å².